The highest BCUT2D eigenvalue weighted by molar-refractivity contribution is 5.98. The Bertz CT molecular complexity index is 573. The molecule has 0 unspecified atom stereocenters. The largest absolute Gasteiger partial charge is 0.478 e. The first-order valence-electron chi connectivity index (χ1n) is 6.74. The summed E-state index contributed by atoms with van der Waals surface area (Å²) in [4.78, 5) is 23.4. The summed E-state index contributed by atoms with van der Waals surface area (Å²) in [5.41, 5.74) is 1.38. The van der Waals surface area contributed by atoms with Crippen LogP contribution in [0, 0.1) is 23.7 Å². The molecule has 2 rings (SSSR count). The number of nitrogens with one attached hydrogen (secondary N) is 1. The SMILES string of the molecule is Cc1ccc(NC(=O)C2C(C)(C)C2(C)C)cc1C(=O)O. The fourth-order valence-electron chi connectivity index (χ4n) is 3.00. The minimum absolute atomic E-state index is 0.0303. The number of rotatable bonds is 3. The fourth-order valence-corrected chi connectivity index (χ4v) is 3.00. The molecule has 0 saturated heterocycles. The number of hydrogen-bond acceptors (Lipinski definition) is 2. The minimum Gasteiger partial charge on any atom is -0.478 e. The molecule has 0 aromatic heterocycles. The van der Waals surface area contributed by atoms with Gasteiger partial charge < -0.3 is 10.4 Å². The second-order valence-corrected chi connectivity index (χ2v) is 6.70. The van der Waals surface area contributed by atoms with Gasteiger partial charge in [0.05, 0.1) is 5.56 Å². The Morgan fingerprint density at radius 2 is 1.70 bits per heavy atom. The van der Waals surface area contributed by atoms with Crippen LogP contribution in [0.1, 0.15) is 43.6 Å². The first-order valence-corrected chi connectivity index (χ1v) is 6.74. The molecular weight excluding hydrogens is 254 g/mol. The van der Waals surface area contributed by atoms with Crippen molar-refractivity contribution in [3.05, 3.63) is 29.3 Å². The summed E-state index contributed by atoms with van der Waals surface area (Å²) in [6.07, 6.45) is 0. The lowest BCUT2D eigenvalue weighted by molar-refractivity contribution is -0.118. The third kappa shape index (κ3) is 2.09. The molecule has 1 amide bonds. The molecule has 1 fully saturated rings. The molecule has 0 heterocycles. The van der Waals surface area contributed by atoms with Crippen LogP contribution in [-0.4, -0.2) is 17.0 Å². The van der Waals surface area contributed by atoms with Crippen LogP contribution in [-0.2, 0) is 4.79 Å². The predicted molar refractivity (Wildman–Crippen MR) is 77.8 cm³/mol. The number of carboxylic acid groups (broad SMARTS) is 1. The zero-order valence-corrected chi connectivity index (χ0v) is 12.6. The number of amides is 1. The molecule has 1 aromatic carbocycles. The molecule has 1 aliphatic rings. The average molecular weight is 275 g/mol. The van der Waals surface area contributed by atoms with Gasteiger partial charge >= 0.3 is 5.97 Å². The van der Waals surface area contributed by atoms with Gasteiger partial charge in [-0.2, -0.15) is 0 Å². The summed E-state index contributed by atoms with van der Waals surface area (Å²) in [6.45, 7) is 10.1. The Hall–Kier alpha value is -1.84. The third-order valence-electron chi connectivity index (χ3n) is 5.02. The van der Waals surface area contributed by atoms with Crippen molar-refractivity contribution in [2.75, 3.05) is 5.32 Å². The van der Waals surface area contributed by atoms with Crippen molar-refractivity contribution >= 4 is 17.6 Å². The van der Waals surface area contributed by atoms with E-state index >= 15 is 0 Å². The van der Waals surface area contributed by atoms with Gasteiger partial charge in [-0.15, -0.1) is 0 Å². The minimum atomic E-state index is -0.981. The number of anilines is 1. The normalized spacial score (nSPS) is 19.4. The maximum Gasteiger partial charge on any atom is 0.336 e. The van der Waals surface area contributed by atoms with Gasteiger partial charge in [0.1, 0.15) is 0 Å². The molecule has 0 atom stereocenters. The molecule has 1 aromatic rings. The van der Waals surface area contributed by atoms with Gasteiger partial charge in [-0.1, -0.05) is 33.8 Å². The Morgan fingerprint density at radius 1 is 1.15 bits per heavy atom. The van der Waals surface area contributed by atoms with E-state index in [4.69, 9.17) is 5.11 Å². The van der Waals surface area contributed by atoms with Crippen molar-refractivity contribution in [3.8, 4) is 0 Å². The first-order chi connectivity index (χ1) is 9.09. The van der Waals surface area contributed by atoms with Gasteiger partial charge in [0.2, 0.25) is 5.91 Å². The number of carbonyl (C=O) groups excluding carboxylic acids is 1. The molecule has 0 spiro atoms. The Labute approximate surface area is 119 Å². The van der Waals surface area contributed by atoms with E-state index in [0.717, 1.165) is 0 Å². The smallest absolute Gasteiger partial charge is 0.336 e. The van der Waals surface area contributed by atoms with Crippen LogP contribution in [0.3, 0.4) is 0 Å². The van der Waals surface area contributed by atoms with Gasteiger partial charge in [-0.3, -0.25) is 4.79 Å². The van der Waals surface area contributed by atoms with Crippen molar-refractivity contribution in [3.63, 3.8) is 0 Å². The summed E-state index contributed by atoms with van der Waals surface area (Å²) < 4.78 is 0. The monoisotopic (exact) mass is 275 g/mol. The maximum absolute atomic E-state index is 12.3. The van der Waals surface area contributed by atoms with Gasteiger partial charge in [-0.25, -0.2) is 4.79 Å². The molecule has 1 aliphatic carbocycles. The topological polar surface area (TPSA) is 66.4 Å². The van der Waals surface area contributed by atoms with Crippen LogP contribution >= 0.6 is 0 Å². The Balaban J connectivity index is 2.18. The molecule has 1 saturated carbocycles. The van der Waals surface area contributed by atoms with Crippen LogP contribution in [0.25, 0.3) is 0 Å². The van der Waals surface area contributed by atoms with Crippen molar-refractivity contribution in [2.45, 2.75) is 34.6 Å². The van der Waals surface area contributed by atoms with Crippen LogP contribution in [0.4, 0.5) is 5.69 Å². The fraction of sp³-hybridized carbons (Fsp3) is 0.500. The molecule has 0 radical (unpaired) electrons. The van der Waals surface area contributed by atoms with Crippen LogP contribution in [0.15, 0.2) is 18.2 Å². The number of benzene rings is 1. The molecule has 108 valence electrons. The zero-order valence-electron chi connectivity index (χ0n) is 12.6. The van der Waals surface area contributed by atoms with Crippen molar-refractivity contribution in [1.29, 1.82) is 0 Å². The lowest BCUT2D eigenvalue weighted by Gasteiger charge is -2.09. The third-order valence-corrected chi connectivity index (χ3v) is 5.02. The summed E-state index contributed by atoms with van der Waals surface area (Å²) in [5, 5.41) is 11.9. The molecule has 0 bridgehead atoms. The van der Waals surface area contributed by atoms with Gasteiger partial charge in [-0.05, 0) is 35.4 Å². The van der Waals surface area contributed by atoms with E-state index in [1.807, 2.05) is 0 Å². The molecule has 4 heteroatoms. The number of carboxylic acids is 1. The molecule has 2 N–H and O–H groups in total. The lowest BCUT2D eigenvalue weighted by atomic mass is 10.0. The van der Waals surface area contributed by atoms with E-state index in [1.165, 1.54) is 6.07 Å². The van der Waals surface area contributed by atoms with E-state index in [2.05, 4.69) is 33.0 Å². The number of aryl methyl sites for hydroxylation is 1. The number of carbonyl (C=O) groups is 2. The van der Waals surface area contributed by atoms with Gasteiger partial charge in [0, 0.05) is 11.6 Å². The van der Waals surface area contributed by atoms with E-state index in [-0.39, 0.29) is 28.2 Å². The Morgan fingerprint density at radius 3 is 2.15 bits per heavy atom. The highest BCUT2D eigenvalue weighted by atomic mass is 16.4. The molecular formula is C16H21NO3. The van der Waals surface area contributed by atoms with Crippen molar-refractivity contribution in [1.82, 2.24) is 0 Å². The van der Waals surface area contributed by atoms with E-state index in [1.54, 1.807) is 19.1 Å². The van der Waals surface area contributed by atoms with Gasteiger partial charge in [0.25, 0.3) is 0 Å². The first kappa shape index (κ1) is 14.6. The van der Waals surface area contributed by atoms with Crippen molar-refractivity contribution < 1.29 is 14.7 Å². The highest BCUT2D eigenvalue weighted by Crippen LogP contribution is 2.68. The summed E-state index contributed by atoms with van der Waals surface area (Å²) in [6, 6.07) is 4.96. The Kier molecular flexibility index (Phi) is 3.16. The summed E-state index contributed by atoms with van der Waals surface area (Å²) >= 11 is 0. The summed E-state index contributed by atoms with van der Waals surface area (Å²) in [7, 11) is 0. The number of aromatic carboxylic acids is 1. The quantitative estimate of drug-likeness (QED) is 0.889. The second-order valence-electron chi connectivity index (χ2n) is 6.70. The van der Waals surface area contributed by atoms with E-state index in [9.17, 15) is 9.59 Å². The van der Waals surface area contributed by atoms with Crippen LogP contribution in [0.5, 0.6) is 0 Å². The average Bonchev–Trinajstić information content (AvgIpc) is 2.71. The predicted octanol–water partition coefficient (Wildman–Crippen LogP) is 3.31. The second kappa shape index (κ2) is 4.33. The molecule has 0 aliphatic heterocycles. The van der Waals surface area contributed by atoms with Crippen LogP contribution < -0.4 is 5.32 Å². The van der Waals surface area contributed by atoms with Gasteiger partial charge in [0.15, 0.2) is 0 Å². The van der Waals surface area contributed by atoms with Crippen LogP contribution in [0.2, 0.25) is 0 Å². The standard InChI is InChI=1S/C16H21NO3/c1-9-6-7-10(8-11(9)14(19)20)17-13(18)12-15(2,3)16(12,4)5/h6-8,12H,1-5H3,(H,17,18)(H,19,20). The zero-order chi connectivity index (χ0) is 15.3. The molecule has 4 nitrogen and oxygen atoms in total. The van der Waals surface area contributed by atoms with E-state index < -0.39 is 5.97 Å². The highest BCUT2D eigenvalue weighted by Gasteiger charge is 2.68. The van der Waals surface area contributed by atoms with Crippen molar-refractivity contribution in [2.24, 2.45) is 16.7 Å². The van der Waals surface area contributed by atoms with E-state index in [0.29, 0.717) is 11.3 Å². The maximum atomic E-state index is 12.3. The molecule has 20 heavy (non-hydrogen) atoms. The lowest BCUT2D eigenvalue weighted by Crippen LogP contribution is -2.18. The summed E-state index contributed by atoms with van der Waals surface area (Å²) in [5.74, 6) is -1.07. The number of hydrogen-bond donors (Lipinski definition) is 2.